The molecule has 6 rings (SSSR count). The summed E-state index contributed by atoms with van der Waals surface area (Å²) in [5.41, 5.74) is 8.25. The quantitative estimate of drug-likeness (QED) is 0.295. The number of hydrogen-bond acceptors (Lipinski definition) is 4. The Balaban J connectivity index is 1.20. The van der Waals surface area contributed by atoms with E-state index < -0.39 is 0 Å². The van der Waals surface area contributed by atoms with Gasteiger partial charge in [-0.2, -0.15) is 0 Å². The Hall–Kier alpha value is -4.17. The molecule has 1 fully saturated rings. The standard InChI is InChI=1S/C33H38N6O2/c1-5-16-39-30-19-25(10-11-29(30)35-33(39)41)27-12-15-34-31-28(27)20-26(37(31)4)21-38-17-13-23(14-18-38)22-6-8-24(9-7-22)32(40)36(2)3/h6-12,15,19-20,23H,5,13-14,16-18,21H2,1-4H3,(H,35,41). The molecule has 2 aromatic carbocycles. The van der Waals surface area contributed by atoms with Gasteiger partial charge < -0.3 is 14.5 Å². The SMILES string of the molecule is CCCn1c(=O)[nH]c2ccc(-c3ccnc4c3cc(CN3CCC(c5ccc(C(=O)N(C)C)cc5)CC3)n4C)cc21. The number of imidazole rings is 1. The van der Waals surface area contributed by atoms with Gasteiger partial charge in [-0.3, -0.25) is 14.3 Å². The minimum Gasteiger partial charge on any atom is -0.345 e. The summed E-state index contributed by atoms with van der Waals surface area (Å²) in [5.74, 6) is 0.560. The number of nitrogens with zero attached hydrogens (tertiary/aromatic N) is 5. The van der Waals surface area contributed by atoms with E-state index in [4.69, 9.17) is 4.98 Å². The molecule has 1 amide bonds. The van der Waals surface area contributed by atoms with Crippen LogP contribution in [-0.4, -0.2) is 62.0 Å². The van der Waals surface area contributed by atoms with Crippen LogP contribution in [0.15, 0.2) is 65.6 Å². The van der Waals surface area contributed by atoms with Gasteiger partial charge in [-0.15, -0.1) is 0 Å². The van der Waals surface area contributed by atoms with E-state index in [1.165, 1.54) is 11.3 Å². The summed E-state index contributed by atoms with van der Waals surface area (Å²) in [6.45, 7) is 5.72. The number of likely N-dealkylation sites (tertiary alicyclic amines) is 1. The lowest BCUT2D eigenvalue weighted by Crippen LogP contribution is -2.33. The minimum absolute atomic E-state index is 0.0423. The van der Waals surface area contributed by atoms with Crippen molar-refractivity contribution in [3.63, 3.8) is 0 Å². The maximum Gasteiger partial charge on any atom is 0.326 e. The van der Waals surface area contributed by atoms with Crippen LogP contribution in [0.3, 0.4) is 0 Å². The number of amides is 1. The molecule has 3 aromatic heterocycles. The van der Waals surface area contributed by atoms with Crippen molar-refractivity contribution in [3.05, 3.63) is 88.1 Å². The van der Waals surface area contributed by atoms with Crippen LogP contribution in [-0.2, 0) is 20.1 Å². The van der Waals surface area contributed by atoms with Gasteiger partial charge in [-0.05, 0) is 91.4 Å². The van der Waals surface area contributed by atoms with E-state index in [2.05, 4.69) is 64.8 Å². The Labute approximate surface area is 240 Å². The van der Waals surface area contributed by atoms with Gasteiger partial charge in [0.1, 0.15) is 5.65 Å². The molecular formula is C33H38N6O2. The third-order valence-electron chi connectivity index (χ3n) is 8.57. The smallest absolute Gasteiger partial charge is 0.326 e. The van der Waals surface area contributed by atoms with Gasteiger partial charge in [0.15, 0.2) is 0 Å². The first kappa shape index (κ1) is 27.0. The lowest BCUT2D eigenvalue weighted by molar-refractivity contribution is 0.0827. The van der Waals surface area contributed by atoms with Gasteiger partial charge in [-0.25, -0.2) is 9.78 Å². The number of aryl methyl sites for hydroxylation is 2. The fraction of sp³-hybridized carbons (Fsp3) is 0.364. The van der Waals surface area contributed by atoms with Crippen molar-refractivity contribution in [3.8, 4) is 11.1 Å². The maximum atomic E-state index is 12.5. The van der Waals surface area contributed by atoms with Gasteiger partial charge in [-0.1, -0.05) is 25.1 Å². The number of aromatic amines is 1. The molecule has 8 heteroatoms. The molecule has 4 heterocycles. The van der Waals surface area contributed by atoms with Crippen LogP contribution in [0.1, 0.15) is 53.7 Å². The fourth-order valence-corrected chi connectivity index (χ4v) is 6.25. The van der Waals surface area contributed by atoms with Crippen molar-refractivity contribution >= 4 is 28.0 Å². The number of carbonyl (C=O) groups excluding carboxylic acids is 1. The lowest BCUT2D eigenvalue weighted by atomic mass is 9.89. The normalized spacial score (nSPS) is 14.7. The molecule has 0 bridgehead atoms. The molecule has 0 aliphatic carbocycles. The summed E-state index contributed by atoms with van der Waals surface area (Å²) in [5, 5.41) is 1.13. The molecule has 0 spiro atoms. The summed E-state index contributed by atoms with van der Waals surface area (Å²) in [6, 6.07) is 18.7. The number of rotatable bonds is 7. The molecular weight excluding hydrogens is 512 g/mol. The van der Waals surface area contributed by atoms with Gasteiger partial charge >= 0.3 is 5.69 Å². The molecule has 0 unspecified atom stereocenters. The van der Waals surface area contributed by atoms with Crippen LogP contribution in [0.4, 0.5) is 0 Å². The van der Waals surface area contributed by atoms with Gasteiger partial charge in [0, 0.05) is 57.1 Å². The van der Waals surface area contributed by atoms with Gasteiger partial charge in [0.2, 0.25) is 0 Å². The van der Waals surface area contributed by atoms with Crippen LogP contribution in [0, 0.1) is 0 Å². The molecule has 212 valence electrons. The first-order valence-electron chi connectivity index (χ1n) is 14.5. The zero-order valence-electron chi connectivity index (χ0n) is 24.4. The lowest BCUT2D eigenvalue weighted by Gasteiger charge is -2.32. The van der Waals surface area contributed by atoms with Crippen molar-refractivity contribution in [1.29, 1.82) is 0 Å². The highest BCUT2D eigenvalue weighted by molar-refractivity contribution is 5.96. The van der Waals surface area contributed by atoms with Crippen LogP contribution in [0.25, 0.3) is 33.2 Å². The Bertz CT molecular complexity index is 1770. The van der Waals surface area contributed by atoms with E-state index in [9.17, 15) is 9.59 Å². The second kappa shape index (κ2) is 11.0. The first-order valence-corrected chi connectivity index (χ1v) is 14.5. The number of nitrogens with one attached hydrogen (secondary N) is 1. The van der Waals surface area contributed by atoms with E-state index >= 15 is 0 Å². The highest BCUT2D eigenvalue weighted by Crippen LogP contribution is 2.33. The molecule has 5 aromatic rings. The maximum absolute atomic E-state index is 12.5. The molecule has 0 saturated carbocycles. The summed E-state index contributed by atoms with van der Waals surface area (Å²) >= 11 is 0. The van der Waals surface area contributed by atoms with Crippen LogP contribution in [0.2, 0.25) is 0 Å². The zero-order chi connectivity index (χ0) is 28.7. The predicted molar refractivity (Wildman–Crippen MR) is 164 cm³/mol. The summed E-state index contributed by atoms with van der Waals surface area (Å²) < 4.78 is 4.04. The van der Waals surface area contributed by atoms with Crippen molar-refractivity contribution in [1.82, 2.24) is 28.9 Å². The van der Waals surface area contributed by atoms with Crippen molar-refractivity contribution < 1.29 is 4.79 Å². The second-order valence-corrected chi connectivity index (χ2v) is 11.5. The summed E-state index contributed by atoms with van der Waals surface area (Å²) in [4.78, 5) is 36.6. The average molecular weight is 551 g/mol. The predicted octanol–water partition coefficient (Wildman–Crippen LogP) is 5.37. The molecule has 1 aliphatic rings. The first-order chi connectivity index (χ1) is 19.8. The Morgan fingerprint density at radius 3 is 2.51 bits per heavy atom. The Morgan fingerprint density at radius 2 is 1.80 bits per heavy atom. The zero-order valence-corrected chi connectivity index (χ0v) is 24.4. The molecule has 0 atom stereocenters. The van der Waals surface area contributed by atoms with Crippen molar-refractivity contribution in [2.75, 3.05) is 27.2 Å². The fourth-order valence-electron chi connectivity index (χ4n) is 6.25. The van der Waals surface area contributed by atoms with E-state index in [1.807, 2.05) is 29.0 Å². The van der Waals surface area contributed by atoms with E-state index in [0.29, 0.717) is 12.5 Å². The van der Waals surface area contributed by atoms with Gasteiger partial charge in [0.05, 0.1) is 11.0 Å². The van der Waals surface area contributed by atoms with E-state index in [-0.39, 0.29) is 11.6 Å². The van der Waals surface area contributed by atoms with Crippen LogP contribution < -0.4 is 5.69 Å². The molecule has 0 radical (unpaired) electrons. The third-order valence-corrected chi connectivity index (χ3v) is 8.57. The largest absolute Gasteiger partial charge is 0.345 e. The molecule has 1 saturated heterocycles. The third kappa shape index (κ3) is 5.08. The van der Waals surface area contributed by atoms with E-state index in [1.54, 1.807) is 19.0 Å². The molecule has 41 heavy (non-hydrogen) atoms. The summed E-state index contributed by atoms with van der Waals surface area (Å²) in [7, 11) is 5.67. The number of hydrogen-bond donors (Lipinski definition) is 1. The number of piperidine rings is 1. The Kier molecular flexibility index (Phi) is 7.26. The monoisotopic (exact) mass is 550 g/mol. The number of pyridine rings is 1. The number of fused-ring (bicyclic) bond motifs is 2. The minimum atomic E-state index is -0.0545. The number of carbonyl (C=O) groups is 1. The number of H-pyrrole nitrogens is 1. The van der Waals surface area contributed by atoms with Crippen molar-refractivity contribution in [2.45, 2.75) is 45.2 Å². The summed E-state index contributed by atoms with van der Waals surface area (Å²) in [6.07, 6.45) is 4.99. The van der Waals surface area contributed by atoms with E-state index in [0.717, 1.165) is 77.7 Å². The molecule has 8 nitrogen and oxygen atoms in total. The second-order valence-electron chi connectivity index (χ2n) is 11.5. The molecule has 1 aliphatic heterocycles. The Morgan fingerprint density at radius 1 is 1.05 bits per heavy atom. The van der Waals surface area contributed by atoms with Crippen LogP contribution >= 0.6 is 0 Å². The topological polar surface area (TPSA) is 79.2 Å². The highest BCUT2D eigenvalue weighted by atomic mass is 16.2. The highest BCUT2D eigenvalue weighted by Gasteiger charge is 2.23. The average Bonchev–Trinajstić information content (AvgIpc) is 3.48. The molecule has 1 N–H and O–H groups in total. The number of aromatic nitrogens is 4. The van der Waals surface area contributed by atoms with Crippen molar-refractivity contribution in [2.24, 2.45) is 7.05 Å². The number of benzene rings is 2. The van der Waals surface area contributed by atoms with Crippen LogP contribution in [0.5, 0.6) is 0 Å². The van der Waals surface area contributed by atoms with Gasteiger partial charge in [0.25, 0.3) is 5.91 Å².